The Morgan fingerprint density at radius 3 is 2.00 bits per heavy atom. The van der Waals surface area contributed by atoms with E-state index in [1.807, 2.05) is 48.5 Å². The zero-order valence-electron chi connectivity index (χ0n) is 12.4. The van der Waals surface area contributed by atoms with Gasteiger partial charge in [-0.25, -0.2) is 0 Å². The van der Waals surface area contributed by atoms with Crippen molar-refractivity contribution in [1.29, 1.82) is 0 Å². The highest BCUT2D eigenvalue weighted by molar-refractivity contribution is 5.79. The summed E-state index contributed by atoms with van der Waals surface area (Å²) in [5.74, 6) is -0.179. The third kappa shape index (κ3) is 3.72. The molecule has 0 spiro atoms. The molecule has 2 aromatic rings. The average Bonchev–Trinajstić information content (AvgIpc) is 2.93. The summed E-state index contributed by atoms with van der Waals surface area (Å²) in [5.41, 5.74) is 2.35. The first-order valence-electron chi connectivity index (χ1n) is 7.54. The Hall–Kier alpha value is -2.17. The normalized spacial score (nSPS) is 20.8. The van der Waals surface area contributed by atoms with Crippen molar-refractivity contribution in [2.75, 3.05) is 6.61 Å². The van der Waals surface area contributed by atoms with E-state index < -0.39 is 0 Å². The highest BCUT2D eigenvalue weighted by Crippen LogP contribution is 2.10. The zero-order valence-corrected chi connectivity index (χ0v) is 12.4. The van der Waals surface area contributed by atoms with Crippen molar-refractivity contribution >= 4 is 5.97 Å². The van der Waals surface area contributed by atoms with Crippen LogP contribution in [0.2, 0.25) is 0 Å². The van der Waals surface area contributed by atoms with Crippen molar-refractivity contribution in [3.8, 4) is 0 Å². The number of ether oxygens (including phenoxy) is 1. The molecule has 0 bridgehead atoms. The number of carbonyl (C=O) groups excluding carboxylic acids is 1. The van der Waals surface area contributed by atoms with E-state index in [0.717, 1.165) is 12.1 Å². The van der Waals surface area contributed by atoms with Gasteiger partial charge in [0.15, 0.2) is 0 Å². The van der Waals surface area contributed by atoms with Crippen LogP contribution in [0.5, 0.6) is 0 Å². The number of cyclic esters (lactones) is 1. The van der Waals surface area contributed by atoms with Gasteiger partial charge in [0.25, 0.3) is 0 Å². The van der Waals surface area contributed by atoms with E-state index in [-0.39, 0.29) is 18.1 Å². The second kappa shape index (κ2) is 7.20. The number of carbonyl (C=O) groups is 1. The fraction of sp³-hybridized carbons (Fsp3) is 0.278. The first kappa shape index (κ1) is 14.8. The molecular weight excluding hydrogens is 276 g/mol. The topological polar surface area (TPSA) is 50.4 Å². The second-order valence-corrected chi connectivity index (χ2v) is 5.45. The summed E-state index contributed by atoms with van der Waals surface area (Å²) in [6, 6.07) is 19.9. The van der Waals surface area contributed by atoms with Crippen molar-refractivity contribution in [2.45, 2.75) is 25.2 Å². The van der Waals surface area contributed by atoms with Gasteiger partial charge in [0, 0.05) is 13.1 Å². The Bertz CT molecular complexity index is 601. The van der Waals surface area contributed by atoms with Crippen LogP contribution in [0.3, 0.4) is 0 Å². The Kier molecular flexibility index (Phi) is 4.83. The maximum absolute atomic E-state index is 11.9. The third-order valence-corrected chi connectivity index (χ3v) is 3.84. The second-order valence-electron chi connectivity index (χ2n) is 5.45. The van der Waals surface area contributed by atoms with Gasteiger partial charge in [-0.3, -0.25) is 10.1 Å². The molecule has 2 N–H and O–H groups in total. The lowest BCUT2D eigenvalue weighted by Crippen LogP contribution is -2.48. The highest BCUT2D eigenvalue weighted by atomic mass is 16.5. The lowest BCUT2D eigenvalue weighted by atomic mass is 10.1. The number of hydrogen-bond donors (Lipinski definition) is 2. The summed E-state index contributed by atoms with van der Waals surface area (Å²) >= 11 is 0. The summed E-state index contributed by atoms with van der Waals surface area (Å²) in [7, 11) is 0. The molecule has 0 amide bonds. The minimum Gasteiger partial charge on any atom is -0.463 e. The molecule has 4 nitrogen and oxygen atoms in total. The number of hydrogen-bond acceptors (Lipinski definition) is 4. The quantitative estimate of drug-likeness (QED) is 0.799. The molecule has 114 valence electrons. The molecule has 3 rings (SSSR count). The van der Waals surface area contributed by atoms with Gasteiger partial charge in [-0.2, -0.15) is 0 Å². The maximum atomic E-state index is 11.9. The monoisotopic (exact) mass is 296 g/mol. The molecule has 0 aliphatic carbocycles. The van der Waals surface area contributed by atoms with Crippen LogP contribution in [-0.4, -0.2) is 24.7 Å². The summed E-state index contributed by atoms with van der Waals surface area (Å²) in [6.07, 6.45) is 0. The van der Waals surface area contributed by atoms with Gasteiger partial charge in [0.05, 0.1) is 6.04 Å². The fourth-order valence-electron chi connectivity index (χ4n) is 2.59. The van der Waals surface area contributed by atoms with Crippen LogP contribution in [0, 0.1) is 0 Å². The van der Waals surface area contributed by atoms with Gasteiger partial charge >= 0.3 is 5.97 Å². The van der Waals surface area contributed by atoms with Gasteiger partial charge in [-0.05, 0) is 11.1 Å². The van der Waals surface area contributed by atoms with E-state index in [1.54, 1.807) is 0 Å². The smallest absolute Gasteiger partial charge is 0.324 e. The molecule has 0 unspecified atom stereocenters. The first-order valence-corrected chi connectivity index (χ1v) is 7.54. The summed E-state index contributed by atoms with van der Waals surface area (Å²) in [4.78, 5) is 11.9. The van der Waals surface area contributed by atoms with Crippen LogP contribution in [-0.2, 0) is 22.6 Å². The van der Waals surface area contributed by atoms with E-state index in [4.69, 9.17) is 4.74 Å². The largest absolute Gasteiger partial charge is 0.463 e. The van der Waals surface area contributed by atoms with Gasteiger partial charge in [0.2, 0.25) is 0 Å². The van der Waals surface area contributed by atoms with Crippen LogP contribution < -0.4 is 10.6 Å². The lowest BCUT2D eigenvalue weighted by Gasteiger charge is -2.18. The number of nitrogens with one attached hydrogen (secondary N) is 2. The fourth-order valence-corrected chi connectivity index (χ4v) is 2.59. The van der Waals surface area contributed by atoms with Crippen molar-refractivity contribution in [3.05, 3.63) is 71.8 Å². The number of esters is 1. The average molecular weight is 296 g/mol. The van der Waals surface area contributed by atoms with Crippen molar-refractivity contribution in [2.24, 2.45) is 0 Å². The molecular formula is C18H20N2O2. The van der Waals surface area contributed by atoms with Gasteiger partial charge < -0.3 is 10.1 Å². The molecule has 2 aromatic carbocycles. The van der Waals surface area contributed by atoms with Gasteiger partial charge in [-0.15, -0.1) is 0 Å². The molecule has 0 saturated carbocycles. The molecule has 1 fully saturated rings. The predicted molar refractivity (Wildman–Crippen MR) is 85.1 cm³/mol. The Morgan fingerprint density at radius 2 is 1.41 bits per heavy atom. The van der Waals surface area contributed by atoms with Crippen molar-refractivity contribution in [1.82, 2.24) is 10.6 Å². The van der Waals surface area contributed by atoms with Crippen LogP contribution >= 0.6 is 0 Å². The molecule has 0 aromatic heterocycles. The summed E-state index contributed by atoms with van der Waals surface area (Å²) in [5, 5.41) is 6.70. The molecule has 1 heterocycles. The number of rotatable bonds is 6. The SMILES string of the molecule is O=C1OC[C@H](NCc2ccccc2)[C@H]1NCc1ccccc1. The molecule has 4 heteroatoms. The zero-order chi connectivity index (χ0) is 15.2. The molecule has 0 radical (unpaired) electrons. The summed E-state index contributed by atoms with van der Waals surface area (Å²) in [6.45, 7) is 1.80. The van der Waals surface area contributed by atoms with E-state index >= 15 is 0 Å². The first-order chi connectivity index (χ1) is 10.8. The predicted octanol–water partition coefficient (Wildman–Crippen LogP) is 1.86. The number of benzene rings is 2. The van der Waals surface area contributed by atoms with Crippen LogP contribution in [0.15, 0.2) is 60.7 Å². The van der Waals surface area contributed by atoms with Crippen LogP contribution in [0.25, 0.3) is 0 Å². The van der Waals surface area contributed by atoms with E-state index in [1.165, 1.54) is 5.56 Å². The standard InChI is InChI=1S/C18H20N2O2/c21-18-17(20-12-15-9-5-2-6-10-15)16(13-22-18)19-11-14-7-3-1-4-8-14/h1-10,16-17,19-20H,11-13H2/t16-,17+/m0/s1. The van der Waals surface area contributed by atoms with Gasteiger partial charge in [0.1, 0.15) is 12.6 Å². The van der Waals surface area contributed by atoms with E-state index in [0.29, 0.717) is 13.2 Å². The van der Waals surface area contributed by atoms with Gasteiger partial charge in [-0.1, -0.05) is 60.7 Å². The Morgan fingerprint density at radius 1 is 0.864 bits per heavy atom. The summed E-state index contributed by atoms with van der Waals surface area (Å²) < 4.78 is 5.19. The molecule has 22 heavy (non-hydrogen) atoms. The Labute approximate surface area is 130 Å². The lowest BCUT2D eigenvalue weighted by molar-refractivity contribution is -0.139. The van der Waals surface area contributed by atoms with E-state index in [2.05, 4.69) is 22.8 Å². The highest BCUT2D eigenvalue weighted by Gasteiger charge is 2.36. The van der Waals surface area contributed by atoms with Crippen LogP contribution in [0.1, 0.15) is 11.1 Å². The third-order valence-electron chi connectivity index (χ3n) is 3.84. The van der Waals surface area contributed by atoms with Crippen LogP contribution in [0.4, 0.5) is 0 Å². The minimum absolute atomic E-state index is 0.00332. The van der Waals surface area contributed by atoms with Crippen molar-refractivity contribution in [3.63, 3.8) is 0 Å². The van der Waals surface area contributed by atoms with E-state index in [9.17, 15) is 4.79 Å². The minimum atomic E-state index is -0.302. The Balaban J connectivity index is 1.55. The molecule has 2 atom stereocenters. The maximum Gasteiger partial charge on any atom is 0.324 e. The molecule has 1 saturated heterocycles. The molecule has 1 aliphatic heterocycles. The molecule has 1 aliphatic rings. The van der Waals surface area contributed by atoms with Crippen molar-refractivity contribution < 1.29 is 9.53 Å².